The Morgan fingerprint density at radius 1 is 0.971 bits per heavy atom. The van der Waals surface area contributed by atoms with Crippen LogP contribution in [0.2, 0.25) is 10.0 Å². The van der Waals surface area contributed by atoms with Gasteiger partial charge in [-0.2, -0.15) is 13.2 Å². The van der Waals surface area contributed by atoms with E-state index in [1.165, 1.54) is 18.2 Å². The van der Waals surface area contributed by atoms with Crippen LogP contribution in [0, 0.1) is 0 Å². The van der Waals surface area contributed by atoms with Gasteiger partial charge in [-0.1, -0.05) is 23.2 Å². The minimum absolute atomic E-state index is 0.0375. The number of amides is 1. The lowest BCUT2D eigenvalue weighted by atomic mass is 10.1. The van der Waals surface area contributed by atoms with E-state index in [4.69, 9.17) is 27.9 Å². The number of nitrogens with zero attached hydrogens (tertiary/aromatic N) is 2. The minimum atomic E-state index is -5.02. The number of hydrogen-bond acceptors (Lipinski definition) is 5. The maximum Gasteiger partial charge on any atom is 0.454 e. The summed E-state index contributed by atoms with van der Waals surface area (Å²) in [5.41, 5.74) is 0.212. The van der Waals surface area contributed by atoms with Crippen molar-refractivity contribution >= 4 is 46.5 Å². The van der Waals surface area contributed by atoms with Crippen LogP contribution in [0.4, 0.5) is 29.3 Å². The zero-order valence-corrected chi connectivity index (χ0v) is 21.0. The number of halogens is 5. The molecule has 11 heteroatoms. The van der Waals surface area contributed by atoms with Crippen LogP contribution in [0.3, 0.4) is 0 Å². The van der Waals surface area contributed by atoms with Gasteiger partial charge in [0.2, 0.25) is 0 Å². The number of alkyl halides is 3. The van der Waals surface area contributed by atoms with Gasteiger partial charge in [-0.05, 0) is 62.7 Å². The molecule has 0 unspecified atom stereocenters. The highest BCUT2D eigenvalue weighted by molar-refractivity contribution is 6.34. The van der Waals surface area contributed by atoms with Crippen molar-refractivity contribution in [1.29, 1.82) is 0 Å². The summed E-state index contributed by atoms with van der Waals surface area (Å²) in [7, 11) is 0. The van der Waals surface area contributed by atoms with Crippen molar-refractivity contribution in [3.63, 3.8) is 0 Å². The van der Waals surface area contributed by atoms with E-state index in [9.17, 15) is 22.8 Å². The predicted molar refractivity (Wildman–Crippen MR) is 131 cm³/mol. The average Bonchev–Trinajstić information content (AvgIpc) is 2.74. The van der Waals surface area contributed by atoms with Crippen molar-refractivity contribution in [2.45, 2.75) is 39.1 Å². The van der Waals surface area contributed by atoms with E-state index in [1.807, 2.05) is 4.90 Å². The Hall–Kier alpha value is -2.65. The van der Waals surface area contributed by atoms with Crippen LogP contribution in [0.15, 0.2) is 36.4 Å². The third kappa shape index (κ3) is 7.41. The molecular formula is C24H26Cl2F3N3O3. The standard InChI is InChI=1S/C24H26Cl2F3N3O3/c1-23(2,3)35-22(34)32-8-6-31(7-9-32)18-4-5-19(21(33)24(27,28)29)20(13-18)30-14-15-10-16(25)12-17(26)11-15/h4-5,10-13,30H,6-9,14H2,1-3H3. The molecule has 0 radical (unpaired) electrons. The van der Waals surface area contributed by atoms with Crippen LogP contribution >= 0.6 is 23.2 Å². The van der Waals surface area contributed by atoms with E-state index in [-0.39, 0.29) is 12.2 Å². The number of anilines is 2. The first-order valence-electron chi connectivity index (χ1n) is 10.9. The van der Waals surface area contributed by atoms with Crippen molar-refractivity contribution in [3.8, 4) is 0 Å². The number of nitrogens with one attached hydrogen (secondary N) is 1. The molecule has 1 aliphatic heterocycles. The first-order chi connectivity index (χ1) is 16.2. The highest BCUT2D eigenvalue weighted by atomic mass is 35.5. The molecule has 1 heterocycles. The van der Waals surface area contributed by atoms with Gasteiger partial charge < -0.3 is 19.9 Å². The summed E-state index contributed by atoms with van der Waals surface area (Å²) in [6, 6.07) is 8.95. The largest absolute Gasteiger partial charge is 0.454 e. The molecule has 3 rings (SSSR count). The Morgan fingerprint density at radius 2 is 1.57 bits per heavy atom. The molecule has 0 atom stereocenters. The summed E-state index contributed by atoms with van der Waals surface area (Å²) < 4.78 is 45.0. The van der Waals surface area contributed by atoms with Crippen LogP contribution in [0.1, 0.15) is 36.7 Å². The molecule has 1 amide bonds. The van der Waals surface area contributed by atoms with Gasteiger partial charge in [0.05, 0.1) is 5.56 Å². The van der Waals surface area contributed by atoms with Crippen molar-refractivity contribution < 1.29 is 27.5 Å². The maximum atomic E-state index is 13.2. The molecular weight excluding hydrogens is 506 g/mol. The molecule has 0 aliphatic carbocycles. The number of benzene rings is 2. The van der Waals surface area contributed by atoms with Crippen molar-refractivity contribution in [2.75, 3.05) is 36.4 Å². The van der Waals surface area contributed by atoms with Crippen LogP contribution in [0.5, 0.6) is 0 Å². The number of ketones is 1. The van der Waals surface area contributed by atoms with Gasteiger partial charge in [-0.15, -0.1) is 0 Å². The molecule has 0 spiro atoms. The number of carbonyl (C=O) groups is 2. The Kier molecular flexibility index (Phi) is 8.11. The fourth-order valence-corrected chi connectivity index (χ4v) is 4.18. The topological polar surface area (TPSA) is 61.9 Å². The van der Waals surface area contributed by atoms with E-state index in [0.717, 1.165) is 0 Å². The summed E-state index contributed by atoms with van der Waals surface area (Å²) in [4.78, 5) is 27.9. The van der Waals surface area contributed by atoms with Crippen molar-refractivity contribution in [1.82, 2.24) is 4.90 Å². The second-order valence-corrected chi connectivity index (χ2v) is 10.0. The zero-order chi connectivity index (χ0) is 26.0. The van der Waals surface area contributed by atoms with E-state index < -0.39 is 29.2 Å². The van der Waals surface area contributed by atoms with Gasteiger partial charge in [0.25, 0.3) is 5.78 Å². The minimum Gasteiger partial charge on any atom is -0.444 e. The smallest absolute Gasteiger partial charge is 0.444 e. The lowest BCUT2D eigenvalue weighted by Crippen LogP contribution is -2.50. The molecule has 0 aromatic heterocycles. The zero-order valence-electron chi connectivity index (χ0n) is 19.5. The fourth-order valence-electron chi connectivity index (χ4n) is 3.61. The summed E-state index contributed by atoms with van der Waals surface area (Å²) in [5, 5.41) is 3.69. The van der Waals surface area contributed by atoms with Gasteiger partial charge in [-0.25, -0.2) is 4.79 Å². The molecule has 1 N–H and O–H groups in total. The van der Waals surface area contributed by atoms with Gasteiger partial charge >= 0.3 is 12.3 Å². The van der Waals surface area contributed by atoms with Crippen molar-refractivity contribution in [3.05, 3.63) is 57.6 Å². The number of rotatable bonds is 5. The van der Waals surface area contributed by atoms with Crippen LogP contribution in [-0.4, -0.2) is 54.7 Å². The number of piperazine rings is 1. The molecule has 0 saturated carbocycles. The second-order valence-electron chi connectivity index (χ2n) is 9.14. The quantitative estimate of drug-likeness (QED) is 0.452. The Morgan fingerprint density at radius 3 is 2.11 bits per heavy atom. The molecule has 2 aromatic carbocycles. The normalized spacial score (nSPS) is 14.6. The first kappa shape index (κ1) is 26.9. The summed E-state index contributed by atoms with van der Waals surface area (Å²) in [6.07, 6.45) is -5.43. The maximum absolute atomic E-state index is 13.2. The number of ether oxygens (including phenoxy) is 1. The number of carbonyl (C=O) groups excluding carboxylic acids is 2. The van der Waals surface area contributed by atoms with Crippen LogP contribution in [0.25, 0.3) is 0 Å². The summed E-state index contributed by atoms with van der Waals surface area (Å²) in [5.74, 6) is -1.94. The lowest BCUT2D eigenvalue weighted by molar-refractivity contribution is -0.0884. The summed E-state index contributed by atoms with van der Waals surface area (Å²) >= 11 is 12.0. The van der Waals surface area contributed by atoms with Gasteiger partial charge in [0.15, 0.2) is 0 Å². The molecule has 1 fully saturated rings. The Labute approximate surface area is 211 Å². The van der Waals surface area contributed by atoms with Gasteiger partial charge in [-0.3, -0.25) is 4.79 Å². The van der Waals surface area contributed by atoms with E-state index in [2.05, 4.69) is 5.32 Å². The molecule has 190 valence electrons. The SMILES string of the molecule is CC(C)(C)OC(=O)N1CCN(c2ccc(C(=O)C(F)(F)F)c(NCc3cc(Cl)cc(Cl)c3)c2)CC1. The lowest BCUT2D eigenvalue weighted by Gasteiger charge is -2.37. The van der Waals surface area contributed by atoms with E-state index >= 15 is 0 Å². The van der Waals surface area contributed by atoms with Crippen LogP contribution in [-0.2, 0) is 11.3 Å². The second kappa shape index (κ2) is 10.5. The molecule has 35 heavy (non-hydrogen) atoms. The average molecular weight is 532 g/mol. The first-order valence-corrected chi connectivity index (χ1v) is 11.7. The van der Waals surface area contributed by atoms with Crippen LogP contribution < -0.4 is 10.2 Å². The summed E-state index contributed by atoms with van der Waals surface area (Å²) in [6.45, 7) is 7.16. The highest BCUT2D eigenvalue weighted by Gasteiger charge is 2.40. The van der Waals surface area contributed by atoms with Crippen molar-refractivity contribution in [2.24, 2.45) is 0 Å². The van der Waals surface area contributed by atoms with Gasteiger partial charge in [0.1, 0.15) is 5.60 Å². The van der Waals surface area contributed by atoms with E-state index in [1.54, 1.807) is 43.9 Å². The third-order valence-electron chi connectivity index (χ3n) is 5.21. The number of hydrogen-bond donors (Lipinski definition) is 1. The molecule has 0 bridgehead atoms. The van der Waals surface area contributed by atoms with Gasteiger partial charge in [0, 0.05) is 54.1 Å². The highest BCUT2D eigenvalue weighted by Crippen LogP contribution is 2.31. The predicted octanol–water partition coefficient (Wildman–Crippen LogP) is 6.41. The molecule has 1 aliphatic rings. The Bertz CT molecular complexity index is 1080. The van der Waals surface area contributed by atoms with E-state index in [0.29, 0.717) is 47.5 Å². The molecule has 1 saturated heterocycles. The number of Topliss-reactive ketones (excluding diaryl/α,β-unsaturated/α-hetero) is 1. The monoisotopic (exact) mass is 531 g/mol. The fraction of sp³-hybridized carbons (Fsp3) is 0.417. The third-order valence-corrected chi connectivity index (χ3v) is 5.64. The Balaban J connectivity index is 1.79. The molecule has 6 nitrogen and oxygen atoms in total. The molecule has 2 aromatic rings.